The summed E-state index contributed by atoms with van der Waals surface area (Å²) in [5.41, 5.74) is 1.77. The van der Waals surface area contributed by atoms with Crippen LogP contribution < -0.4 is 10.6 Å². The normalized spacial score (nSPS) is 15.4. The molecule has 6 nitrogen and oxygen atoms in total. The summed E-state index contributed by atoms with van der Waals surface area (Å²) in [5.74, 6) is 1.88. The van der Waals surface area contributed by atoms with E-state index in [4.69, 9.17) is 5.11 Å². The van der Waals surface area contributed by atoms with Gasteiger partial charge in [-0.2, -0.15) is 4.98 Å². The van der Waals surface area contributed by atoms with Gasteiger partial charge < -0.3 is 20.8 Å². The molecule has 1 aromatic heterocycles. The quantitative estimate of drug-likeness (QED) is 0.655. The molecule has 0 unspecified atom stereocenters. The predicted octanol–water partition coefficient (Wildman–Crippen LogP) is 2.60. The highest BCUT2D eigenvalue weighted by Gasteiger charge is 2.26. The Morgan fingerprint density at radius 1 is 1.27 bits per heavy atom. The SMILES string of the molecule is C[C@@H](CO)Nc1nc(Nc2cccc(O)c2)cc(C2CC2)n1. The minimum Gasteiger partial charge on any atom is -0.508 e. The third kappa shape index (κ3) is 3.65. The average Bonchev–Trinajstić information content (AvgIpc) is 3.31. The van der Waals surface area contributed by atoms with Crippen molar-refractivity contribution < 1.29 is 10.2 Å². The summed E-state index contributed by atoms with van der Waals surface area (Å²) >= 11 is 0. The molecule has 2 aromatic rings. The molecule has 0 bridgehead atoms. The fraction of sp³-hybridized carbons (Fsp3) is 0.375. The first-order chi connectivity index (χ1) is 10.6. The molecule has 3 rings (SSSR count). The van der Waals surface area contributed by atoms with Gasteiger partial charge in [-0.3, -0.25) is 0 Å². The van der Waals surface area contributed by atoms with Gasteiger partial charge in [-0.25, -0.2) is 4.98 Å². The molecule has 4 N–H and O–H groups in total. The molecule has 0 radical (unpaired) electrons. The Kier molecular flexibility index (Phi) is 4.11. The summed E-state index contributed by atoms with van der Waals surface area (Å²) in [6, 6.07) is 8.73. The van der Waals surface area contributed by atoms with Gasteiger partial charge in [0, 0.05) is 29.8 Å². The summed E-state index contributed by atoms with van der Waals surface area (Å²) in [5, 5.41) is 25.0. The number of aromatic nitrogens is 2. The first-order valence-electron chi connectivity index (χ1n) is 7.46. The topological polar surface area (TPSA) is 90.3 Å². The predicted molar refractivity (Wildman–Crippen MR) is 85.6 cm³/mol. The zero-order valence-electron chi connectivity index (χ0n) is 12.5. The number of benzene rings is 1. The largest absolute Gasteiger partial charge is 0.508 e. The average molecular weight is 300 g/mol. The number of aliphatic hydroxyl groups excluding tert-OH is 1. The van der Waals surface area contributed by atoms with Gasteiger partial charge in [0.2, 0.25) is 5.95 Å². The lowest BCUT2D eigenvalue weighted by Crippen LogP contribution is -2.21. The number of nitrogens with zero attached hydrogens (tertiary/aromatic N) is 2. The van der Waals surface area contributed by atoms with Crippen molar-refractivity contribution in [2.24, 2.45) is 0 Å². The maximum atomic E-state index is 9.54. The van der Waals surface area contributed by atoms with E-state index in [-0.39, 0.29) is 18.4 Å². The molecule has 116 valence electrons. The lowest BCUT2D eigenvalue weighted by molar-refractivity contribution is 0.281. The molecular weight excluding hydrogens is 280 g/mol. The molecule has 1 aromatic carbocycles. The van der Waals surface area contributed by atoms with Crippen molar-refractivity contribution in [1.82, 2.24) is 9.97 Å². The van der Waals surface area contributed by atoms with Crippen LogP contribution in [0.15, 0.2) is 30.3 Å². The third-order valence-corrected chi connectivity index (χ3v) is 3.51. The molecule has 0 amide bonds. The number of rotatable bonds is 6. The van der Waals surface area contributed by atoms with Crippen molar-refractivity contribution in [3.05, 3.63) is 36.0 Å². The number of phenolic OH excluding ortho intramolecular Hbond substituents is 1. The molecular formula is C16H20N4O2. The van der Waals surface area contributed by atoms with Crippen molar-refractivity contribution in [2.75, 3.05) is 17.2 Å². The van der Waals surface area contributed by atoms with Gasteiger partial charge in [0.05, 0.1) is 12.3 Å². The summed E-state index contributed by atoms with van der Waals surface area (Å²) in [4.78, 5) is 8.95. The molecule has 1 aliphatic carbocycles. The summed E-state index contributed by atoms with van der Waals surface area (Å²) < 4.78 is 0. The Labute approximate surface area is 129 Å². The van der Waals surface area contributed by atoms with Gasteiger partial charge in [-0.15, -0.1) is 0 Å². The Bertz CT molecular complexity index is 658. The fourth-order valence-electron chi connectivity index (χ4n) is 2.18. The van der Waals surface area contributed by atoms with Crippen LogP contribution in [0.25, 0.3) is 0 Å². The fourth-order valence-corrected chi connectivity index (χ4v) is 2.18. The van der Waals surface area contributed by atoms with E-state index >= 15 is 0 Å². The highest BCUT2D eigenvalue weighted by molar-refractivity contribution is 5.59. The van der Waals surface area contributed by atoms with E-state index in [0.29, 0.717) is 17.7 Å². The van der Waals surface area contributed by atoms with E-state index in [1.807, 2.05) is 19.1 Å². The Balaban J connectivity index is 1.85. The number of aromatic hydroxyl groups is 1. The van der Waals surface area contributed by atoms with E-state index in [1.54, 1.807) is 18.2 Å². The van der Waals surface area contributed by atoms with Crippen molar-refractivity contribution in [1.29, 1.82) is 0 Å². The van der Waals surface area contributed by atoms with Gasteiger partial charge in [-0.05, 0) is 31.9 Å². The maximum absolute atomic E-state index is 9.54. The lowest BCUT2D eigenvalue weighted by Gasteiger charge is -2.14. The number of anilines is 3. The van der Waals surface area contributed by atoms with Crippen molar-refractivity contribution in [2.45, 2.75) is 31.7 Å². The van der Waals surface area contributed by atoms with Crippen molar-refractivity contribution >= 4 is 17.5 Å². The number of phenols is 1. The Morgan fingerprint density at radius 2 is 2.09 bits per heavy atom. The molecule has 1 aliphatic rings. The molecule has 0 saturated heterocycles. The Morgan fingerprint density at radius 3 is 2.77 bits per heavy atom. The van der Waals surface area contributed by atoms with Gasteiger partial charge >= 0.3 is 0 Å². The molecule has 0 spiro atoms. The van der Waals surface area contributed by atoms with Crippen LogP contribution in [-0.2, 0) is 0 Å². The second-order valence-corrected chi connectivity index (χ2v) is 5.68. The minimum absolute atomic E-state index is 0.0202. The zero-order chi connectivity index (χ0) is 15.5. The van der Waals surface area contributed by atoms with Crippen LogP contribution in [0.4, 0.5) is 17.5 Å². The molecule has 1 fully saturated rings. The van der Waals surface area contributed by atoms with Crippen molar-refractivity contribution in [3.8, 4) is 5.75 Å². The van der Waals surface area contributed by atoms with Crippen LogP contribution in [0.2, 0.25) is 0 Å². The first-order valence-corrected chi connectivity index (χ1v) is 7.46. The second-order valence-electron chi connectivity index (χ2n) is 5.68. The van der Waals surface area contributed by atoms with E-state index < -0.39 is 0 Å². The van der Waals surface area contributed by atoms with E-state index in [0.717, 1.165) is 24.2 Å². The van der Waals surface area contributed by atoms with Gasteiger partial charge in [0.1, 0.15) is 11.6 Å². The van der Waals surface area contributed by atoms with Crippen molar-refractivity contribution in [3.63, 3.8) is 0 Å². The van der Waals surface area contributed by atoms with Crippen LogP contribution in [0.5, 0.6) is 5.75 Å². The van der Waals surface area contributed by atoms with Crippen LogP contribution in [0, 0.1) is 0 Å². The number of aliphatic hydroxyl groups is 1. The van der Waals surface area contributed by atoms with Gasteiger partial charge in [-0.1, -0.05) is 6.07 Å². The van der Waals surface area contributed by atoms with E-state index in [1.165, 1.54) is 0 Å². The molecule has 1 atom stereocenters. The van der Waals surface area contributed by atoms with E-state index in [9.17, 15) is 5.11 Å². The van der Waals surface area contributed by atoms with E-state index in [2.05, 4.69) is 20.6 Å². The molecule has 22 heavy (non-hydrogen) atoms. The number of nitrogens with one attached hydrogen (secondary N) is 2. The highest BCUT2D eigenvalue weighted by Crippen LogP contribution is 2.40. The van der Waals surface area contributed by atoms with Gasteiger partial charge in [0.15, 0.2) is 0 Å². The van der Waals surface area contributed by atoms with Crippen LogP contribution in [0.1, 0.15) is 31.4 Å². The first kappa shape index (κ1) is 14.6. The smallest absolute Gasteiger partial charge is 0.225 e. The standard InChI is InChI=1S/C16H20N4O2/c1-10(9-21)17-16-19-14(11-5-6-11)8-15(20-16)18-12-3-2-4-13(22)7-12/h2-4,7-8,10-11,21-22H,5-6,9H2,1H3,(H2,17,18,19,20)/t10-/m0/s1. The monoisotopic (exact) mass is 300 g/mol. The summed E-state index contributed by atoms with van der Waals surface area (Å²) in [7, 11) is 0. The maximum Gasteiger partial charge on any atom is 0.225 e. The second kappa shape index (κ2) is 6.19. The zero-order valence-corrected chi connectivity index (χ0v) is 12.5. The van der Waals surface area contributed by atoms with Gasteiger partial charge in [0.25, 0.3) is 0 Å². The lowest BCUT2D eigenvalue weighted by atomic mass is 10.2. The summed E-state index contributed by atoms with van der Waals surface area (Å²) in [6.07, 6.45) is 2.30. The Hall–Kier alpha value is -2.34. The highest BCUT2D eigenvalue weighted by atomic mass is 16.3. The molecule has 0 aliphatic heterocycles. The van der Waals surface area contributed by atoms with Crippen LogP contribution >= 0.6 is 0 Å². The summed E-state index contributed by atoms with van der Waals surface area (Å²) in [6.45, 7) is 1.89. The molecule has 6 heteroatoms. The molecule has 1 heterocycles. The van der Waals surface area contributed by atoms with Crippen LogP contribution in [-0.4, -0.2) is 32.8 Å². The number of hydrogen-bond acceptors (Lipinski definition) is 6. The van der Waals surface area contributed by atoms with Crippen LogP contribution in [0.3, 0.4) is 0 Å². The minimum atomic E-state index is -0.108. The third-order valence-electron chi connectivity index (χ3n) is 3.51. The number of hydrogen-bond donors (Lipinski definition) is 4. The molecule has 1 saturated carbocycles.